The Labute approximate surface area is 173 Å². The molecule has 3 aromatic carbocycles. The molecule has 0 fully saturated rings. The summed E-state index contributed by atoms with van der Waals surface area (Å²) in [6.07, 6.45) is 2.19. The minimum Gasteiger partial charge on any atom is -0.418 e. The van der Waals surface area contributed by atoms with E-state index in [4.69, 9.17) is 0 Å². The fraction of sp³-hybridized carbons (Fsp3) is 0.0417. The van der Waals surface area contributed by atoms with Gasteiger partial charge in [-0.2, -0.15) is 4.57 Å². The first-order valence-corrected chi connectivity index (χ1v) is 9.46. The Balaban J connectivity index is 0.000000461. The number of benzene rings is 3. The van der Waals surface area contributed by atoms with Crippen LogP contribution >= 0.6 is 0 Å². The molecule has 0 atom stereocenters. The maximum absolute atomic E-state index is 9.75. The molecule has 4 aromatic rings. The van der Waals surface area contributed by atoms with Gasteiger partial charge < -0.3 is 17.3 Å². The van der Waals surface area contributed by atoms with Crippen molar-refractivity contribution in [2.75, 3.05) is 0 Å². The van der Waals surface area contributed by atoms with Crippen LogP contribution in [0.1, 0.15) is 5.56 Å². The highest BCUT2D eigenvalue weighted by atomic mass is 19.5. The SMILES string of the molecule is F[B-](F)(F)F.c1ccc(C[n+]2ccc(-c3ccccc3)cc2-c2ccccc2)cc1. The van der Waals surface area contributed by atoms with Gasteiger partial charge in [0, 0.05) is 23.3 Å². The number of aromatic nitrogens is 1. The average molecular weight is 409 g/mol. The van der Waals surface area contributed by atoms with Crippen molar-refractivity contribution in [3.63, 3.8) is 0 Å². The van der Waals surface area contributed by atoms with Crippen LogP contribution in [-0.2, 0) is 6.54 Å². The molecule has 6 heteroatoms. The van der Waals surface area contributed by atoms with Crippen molar-refractivity contribution >= 4 is 7.25 Å². The van der Waals surface area contributed by atoms with Gasteiger partial charge in [-0.05, 0) is 23.3 Å². The lowest BCUT2D eigenvalue weighted by Gasteiger charge is -2.08. The largest absolute Gasteiger partial charge is 0.673 e. The third-order valence-corrected chi connectivity index (χ3v) is 4.41. The van der Waals surface area contributed by atoms with Crippen molar-refractivity contribution in [3.05, 3.63) is 115 Å². The number of nitrogens with zero attached hydrogens (tertiary/aromatic N) is 1. The molecule has 1 nitrogen and oxygen atoms in total. The number of hydrogen-bond acceptors (Lipinski definition) is 0. The first kappa shape index (κ1) is 21.3. The standard InChI is InChI=1S/C24H20N.BF4/c1-4-10-20(11-5-1)19-25-17-16-23(21-12-6-2-7-13-21)18-24(25)22-14-8-3-9-15-22;2-1(3,4)5/h1-18H,19H2;/q+1;-1. The molecular formula is C24H20BF4N. The second kappa shape index (κ2) is 9.88. The van der Waals surface area contributed by atoms with Crippen LogP contribution < -0.4 is 4.57 Å². The van der Waals surface area contributed by atoms with Gasteiger partial charge in [0.25, 0.3) is 0 Å². The van der Waals surface area contributed by atoms with Crippen molar-refractivity contribution in [1.82, 2.24) is 0 Å². The van der Waals surface area contributed by atoms with Gasteiger partial charge in [0.1, 0.15) is 0 Å². The molecule has 0 saturated heterocycles. The van der Waals surface area contributed by atoms with Crippen LogP contribution in [-0.4, -0.2) is 7.25 Å². The summed E-state index contributed by atoms with van der Waals surface area (Å²) in [6, 6.07) is 36.2. The summed E-state index contributed by atoms with van der Waals surface area (Å²) in [6.45, 7) is 0.861. The third-order valence-electron chi connectivity index (χ3n) is 4.41. The van der Waals surface area contributed by atoms with Crippen LogP contribution in [0.4, 0.5) is 17.3 Å². The molecule has 0 aliphatic rings. The summed E-state index contributed by atoms with van der Waals surface area (Å²) >= 11 is 0. The molecule has 0 aliphatic carbocycles. The molecule has 152 valence electrons. The monoisotopic (exact) mass is 409 g/mol. The zero-order valence-electron chi connectivity index (χ0n) is 16.1. The molecule has 4 rings (SSSR count). The molecule has 0 N–H and O–H groups in total. The average Bonchev–Trinajstić information content (AvgIpc) is 2.75. The van der Waals surface area contributed by atoms with E-state index in [1.165, 1.54) is 27.9 Å². The topological polar surface area (TPSA) is 3.88 Å². The minimum atomic E-state index is -6.00. The van der Waals surface area contributed by atoms with Crippen molar-refractivity contribution in [1.29, 1.82) is 0 Å². The molecule has 0 bridgehead atoms. The Morgan fingerprint density at radius 3 is 1.57 bits per heavy atom. The molecule has 30 heavy (non-hydrogen) atoms. The van der Waals surface area contributed by atoms with E-state index in [2.05, 4.69) is 114 Å². The molecule has 0 radical (unpaired) electrons. The van der Waals surface area contributed by atoms with Crippen LogP contribution in [0, 0.1) is 0 Å². The zero-order chi connectivity index (χ0) is 21.4. The van der Waals surface area contributed by atoms with E-state index in [1.807, 2.05) is 0 Å². The summed E-state index contributed by atoms with van der Waals surface area (Å²) in [7, 11) is -6.00. The zero-order valence-corrected chi connectivity index (χ0v) is 16.1. The summed E-state index contributed by atoms with van der Waals surface area (Å²) in [5, 5.41) is 0. The Morgan fingerprint density at radius 1 is 0.567 bits per heavy atom. The molecule has 1 aromatic heterocycles. The number of hydrogen-bond donors (Lipinski definition) is 0. The van der Waals surface area contributed by atoms with E-state index in [1.54, 1.807) is 0 Å². The number of pyridine rings is 1. The van der Waals surface area contributed by atoms with Gasteiger partial charge in [0.05, 0.1) is 0 Å². The van der Waals surface area contributed by atoms with Gasteiger partial charge in [-0.15, -0.1) is 0 Å². The summed E-state index contributed by atoms with van der Waals surface area (Å²) in [5.41, 5.74) is 6.24. The Bertz CT molecular complexity index is 1050. The molecule has 1 heterocycles. The van der Waals surface area contributed by atoms with Gasteiger partial charge in [-0.1, -0.05) is 78.9 Å². The van der Waals surface area contributed by atoms with Crippen LogP contribution in [0.25, 0.3) is 22.4 Å². The minimum absolute atomic E-state index is 0.861. The number of halogens is 4. The van der Waals surface area contributed by atoms with Gasteiger partial charge in [0.15, 0.2) is 12.7 Å². The van der Waals surface area contributed by atoms with Crippen LogP contribution in [0.15, 0.2) is 109 Å². The normalized spacial score (nSPS) is 10.8. The van der Waals surface area contributed by atoms with Crippen LogP contribution in [0.3, 0.4) is 0 Å². The van der Waals surface area contributed by atoms with E-state index in [0.29, 0.717) is 0 Å². The molecular weight excluding hydrogens is 389 g/mol. The lowest BCUT2D eigenvalue weighted by atomic mass is 10.0. The maximum Gasteiger partial charge on any atom is 0.673 e. The molecule has 0 saturated carbocycles. The fourth-order valence-electron chi connectivity index (χ4n) is 3.12. The smallest absolute Gasteiger partial charge is 0.418 e. The van der Waals surface area contributed by atoms with E-state index in [9.17, 15) is 17.3 Å². The Kier molecular flexibility index (Phi) is 7.01. The lowest BCUT2D eigenvalue weighted by Crippen LogP contribution is -2.36. The maximum atomic E-state index is 9.75. The second-order valence-corrected chi connectivity index (χ2v) is 6.64. The predicted octanol–water partition coefficient (Wildman–Crippen LogP) is 6.66. The highest BCUT2D eigenvalue weighted by Gasteiger charge is 2.20. The second-order valence-electron chi connectivity index (χ2n) is 6.64. The first-order chi connectivity index (χ1) is 14.4. The Hall–Kier alpha value is -3.41. The van der Waals surface area contributed by atoms with E-state index in [-0.39, 0.29) is 0 Å². The van der Waals surface area contributed by atoms with Crippen molar-refractivity contribution in [2.24, 2.45) is 0 Å². The first-order valence-electron chi connectivity index (χ1n) is 9.46. The predicted molar refractivity (Wildman–Crippen MR) is 113 cm³/mol. The summed E-state index contributed by atoms with van der Waals surface area (Å²) in [4.78, 5) is 0. The van der Waals surface area contributed by atoms with Gasteiger partial charge in [0.2, 0.25) is 5.69 Å². The van der Waals surface area contributed by atoms with Crippen molar-refractivity contribution in [3.8, 4) is 22.4 Å². The van der Waals surface area contributed by atoms with E-state index >= 15 is 0 Å². The van der Waals surface area contributed by atoms with E-state index in [0.717, 1.165) is 6.54 Å². The van der Waals surface area contributed by atoms with Crippen LogP contribution in [0.5, 0.6) is 0 Å². The molecule has 0 spiro atoms. The fourth-order valence-corrected chi connectivity index (χ4v) is 3.12. The van der Waals surface area contributed by atoms with Crippen molar-refractivity contribution < 1.29 is 21.8 Å². The van der Waals surface area contributed by atoms with Gasteiger partial charge >= 0.3 is 7.25 Å². The molecule has 0 aliphatic heterocycles. The highest BCUT2D eigenvalue weighted by molar-refractivity contribution is 6.50. The molecule has 0 amide bonds. The molecule has 0 unspecified atom stereocenters. The van der Waals surface area contributed by atoms with Crippen LogP contribution in [0.2, 0.25) is 0 Å². The quantitative estimate of drug-likeness (QED) is 0.202. The highest BCUT2D eigenvalue weighted by Crippen LogP contribution is 2.23. The lowest BCUT2D eigenvalue weighted by molar-refractivity contribution is -0.677. The number of rotatable bonds is 4. The van der Waals surface area contributed by atoms with Crippen molar-refractivity contribution in [2.45, 2.75) is 6.54 Å². The van der Waals surface area contributed by atoms with Gasteiger partial charge in [-0.25, -0.2) is 0 Å². The third kappa shape index (κ3) is 6.59. The Morgan fingerprint density at radius 2 is 1.03 bits per heavy atom. The van der Waals surface area contributed by atoms with E-state index < -0.39 is 7.25 Å². The summed E-state index contributed by atoms with van der Waals surface area (Å²) in [5.74, 6) is 0. The van der Waals surface area contributed by atoms with Gasteiger partial charge in [-0.3, -0.25) is 0 Å². The summed E-state index contributed by atoms with van der Waals surface area (Å²) < 4.78 is 41.3.